The first-order valence-corrected chi connectivity index (χ1v) is 7.59. The van der Waals surface area contributed by atoms with Crippen LogP contribution in [0.4, 0.5) is 5.69 Å². The van der Waals surface area contributed by atoms with Crippen molar-refractivity contribution in [1.29, 1.82) is 0 Å². The number of benzene rings is 1. The van der Waals surface area contributed by atoms with Gasteiger partial charge in [-0.25, -0.2) is 4.98 Å². The maximum absolute atomic E-state index is 5.71. The molecule has 0 atom stereocenters. The highest BCUT2D eigenvalue weighted by molar-refractivity contribution is 7.09. The van der Waals surface area contributed by atoms with Crippen molar-refractivity contribution in [3.63, 3.8) is 0 Å². The van der Waals surface area contributed by atoms with Gasteiger partial charge < -0.3 is 15.4 Å². The van der Waals surface area contributed by atoms with Gasteiger partial charge in [-0.2, -0.15) is 0 Å². The van der Waals surface area contributed by atoms with Crippen molar-refractivity contribution >= 4 is 17.0 Å². The maximum atomic E-state index is 5.71. The van der Waals surface area contributed by atoms with E-state index in [1.807, 2.05) is 29.8 Å². The number of hydrogen-bond acceptors (Lipinski definition) is 5. The van der Waals surface area contributed by atoms with Gasteiger partial charge in [0.15, 0.2) is 0 Å². The summed E-state index contributed by atoms with van der Waals surface area (Å²) in [5.41, 5.74) is 9.49. The van der Waals surface area contributed by atoms with E-state index in [4.69, 9.17) is 10.5 Å². The second-order valence-corrected chi connectivity index (χ2v) is 5.81. The molecule has 0 aliphatic rings. The monoisotopic (exact) mass is 291 g/mol. The van der Waals surface area contributed by atoms with Gasteiger partial charge in [0.05, 0.1) is 17.8 Å². The smallest absolute Gasteiger partial charge is 0.121 e. The van der Waals surface area contributed by atoms with E-state index in [1.54, 1.807) is 11.3 Å². The highest BCUT2D eigenvalue weighted by Crippen LogP contribution is 2.15. The van der Waals surface area contributed by atoms with E-state index in [1.165, 1.54) is 4.88 Å². The molecule has 0 radical (unpaired) electrons. The van der Waals surface area contributed by atoms with Crippen LogP contribution in [0.25, 0.3) is 0 Å². The number of aromatic nitrogens is 1. The molecule has 0 spiro atoms. The van der Waals surface area contributed by atoms with Crippen LogP contribution in [-0.4, -0.2) is 30.1 Å². The van der Waals surface area contributed by atoms with E-state index >= 15 is 0 Å². The number of aryl methyl sites for hydroxylation is 1. The SMILES string of the molecule is Cc1ncsc1CN(C)CCCOc1cccc(N)c1. The molecular formula is C15H21N3OS. The Morgan fingerprint density at radius 3 is 2.95 bits per heavy atom. The Morgan fingerprint density at radius 1 is 1.40 bits per heavy atom. The quantitative estimate of drug-likeness (QED) is 0.629. The number of nitrogens with zero attached hydrogens (tertiary/aromatic N) is 2. The Hall–Kier alpha value is -1.59. The second-order valence-electron chi connectivity index (χ2n) is 4.87. The lowest BCUT2D eigenvalue weighted by Crippen LogP contribution is -2.20. The zero-order chi connectivity index (χ0) is 14.4. The van der Waals surface area contributed by atoms with E-state index in [9.17, 15) is 0 Å². The summed E-state index contributed by atoms with van der Waals surface area (Å²) in [5, 5.41) is 0. The van der Waals surface area contributed by atoms with Crippen LogP contribution in [-0.2, 0) is 6.54 Å². The molecule has 0 fully saturated rings. The number of rotatable bonds is 7. The van der Waals surface area contributed by atoms with Gasteiger partial charge in [-0.15, -0.1) is 11.3 Å². The standard InChI is InChI=1S/C15H21N3OS/c1-12-15(20-11-17-12)10-18(2)7-4-8-19-14-6-3-5-13(16)9-14/h3,5-6,9,11H,4,7-8,10,16H2,1-2H3. The Bertz CT molecular complexity index is 541. The number of hydrogen-bond donors (Lipinski definition) is 1. The van der Waals surface area contributed by atoms with Crippen molar-refractivity contribution in [2.75, 3.05) is 25.9 Å². The predicted molar refractivity (Wildman–Crippen MR) is 84.2 cm³/mol. The molecular weight excluding hydrogens is 270 g/mol. The topological polar surface area (TPSA) is 51.4 Å². The normalized spacial score (nSPS) is 10.9. The zero-order valence-electron chi connectivity index (χ0n) is 12.0. The molecule has 0 bridgehead atoms. The summed E-state index contributed by atoms with van der Waals surface area (Å²) in [7, 11) is 2.12. The fourth-order valence-corrected chi connectivity index (χ4v) is 2.79. The highest BCUT2D eigenvalue weighted by atomic mass is 32.1. The van der Waals surface area contributed by atoms with Gasteiger partial charge in [0, 0.05) is 29.7 Å². The van der Waals surface area contributed by atoms with E-state index in [-0.39, 0.29) is 0 Å². The molecule has 0 saturated heterocycles. The van der Waals surface area contributed by atoms with Crippen LogP contribution in [0.2, 0.25) is 0 Å². The summed E-state index contributed by atoms with van der Waals surface area (Å²) in [6.07, 6.45) is 0.989. The number of nitrogens with two attached hydrogens (primary N) is 1. The first-order chi connectivity index (χ1) is 9.65. The van der Waals surface area contributed by atoms with E-state index < -0.39 is 0 Å². The Labute approximate surface area is 124 Å². The van der Waals surface area contributed by atoms with E-state index in [0.29, 0.717) is 6.61 Å². The molecule has 0 aliphatic carbocycles. The van der Waals surface area contributed by atoms with Gasteiger partial charge in [-0.3, -0.25) is 0 Å². The minimum atomic E-state index is 0.704. The summed E-state index contributed by atoms with van der Waals surface area (Å²) in [6.45, 7) is 4.71. The second kappa shape index (κ2) is 7.26. The lowest BCUT2D eigenvalue weighted by Gasteiger charge is -2.16. The third-order valence-corrected chi connectivity index (χ3v) is 3.99. The fraction of sp³-hybridized carbons (Fsp3) is 0.400. The number of thiazole rings is 1. The van der Waals surface area contributed by atoms with Crippen molar-refractivity contribution in [1.82, 2.24) is 9.88 Å². The summed E-state index contributed by atoms with van der Waals surface area (Å²) in [6, 6.07) is 7.55. The molecule has 0 saturated carbocycles. The molecule has 0 unspecified atom stereocenters. The lowest BCUT2D eigenvalue weighted by molar-refractivity contribution is 0.259. The maximum Gasteiger partial charge on any atom is 0.121 e. The first-order valence-electron chi connectivity index (χ1n) is 6.71. The number of ether oxygens (including phenoxy) is 1. The summed E-state index contributed by atoms with van der Waals surface area (Å²) >= 11 is 1.72. The minimum Gasteiger partial charge on any atom is -0.493 e. The molecule has 0 aliphatic heterocycles. The Morgan fingerprint density at radius 2 is 2.25 bits per heavy atom. The molecule has 1 heterocycles. The molecule has 2 N–H and O–H groups in total. The Kier molecular flexibility index (Phi) is 5.38. The van der Waals surface area contributed by atoms with Crippen LogP contribution in [0.3, 0.4) is 0 Å². The van der Waals surface area contributed by atoms with Gasteiger partial charge >= 0.3 is 0 Å². The van der Waals surface area contributed by atoms with Crippen molar-refractivity contribution in [3.05, 3.63) is 40.3 Å². The lowest BCUT2D eigenvalue weighted by atomic mass is 10.3. The van der Waals surface area contributed by atoms with Crippen LogP contribution >= 0.6 is 11.3 Å². The third-order valence-electron chi connectivity index (χ3n) is 3.07. The first kappa shape index (κ1) is 14.8. The van der Waals surface area contributed by atoms with Crippen molar-refractivity contribution < 1.29 is 4.74 Å². The van der Waals surface area contributed by atoms with Gasteiger partial charge in [-0.1, -0.05) is 6.07 Å². The zero-order valence-corrected chi connectivity index (χ0v) is 12.8. The van der Waals surface area contributed by atoms with Gasteiger partial charge in [0.1, 0.15) is 5.75 Å². The molecule has 108 valence electrons. The Balaban J connectivity index is 1.67. The number of anilines is 1. The average Bonchev–Trinajstić information content (AvgIpc) is 2.80. The minimum absolute atomic E-state index is 0.704. The van der Waals surface area contributed by atoms with Crippen LogP contribution < -0.4 is 10.5 Å². The van der Waals surface area contributed by atoms with Crippen LogP contribution in [0, 0.1) is 6.92 Å². The fourth-order valence-electron chi connectivity index (χ4n) is 1.93. The molecule has 1 aromatic carbocycles. The average molecular weight is 291 g/mol. The molecule has 0 amide bonds. The van der Waals surface area contributed by atoms with Gasteiger partial charge in [0.25, 0.3) is 0 Å². The van der Waals surface area contributed by atoms with E-state index in [2.05, 4.69) is 23.9 Å². The molecule has 2 aromatic rings. The van der Waals surface area contributed by atoms with Crippen molar-refractivity contribution in [3.8, 4) is 5.75 Å². The summed E-state index contributed by atoms with van der Waals surface area (Å²) in [4.78, 5) is 7.90. The highest BCUT2D eigenvalue weighted by Gasteiger charge is 2.05. The van der Waals surface area contributed by atoms with E-state index in [0.717, 1.165) is 36.6 Å². The molecule has 20 heavy (non-hydrogen) atoms. The molecule has 2 rings (SSSR count). The van der Waals surface area contributed by atoms with Crippen LogP contribution in [0.1, 0.15) is 17.0 Å². The van der Waals surface area contributed by atoms with Crippen LogP contribution in [0.15, 0.2) is 29.8 Å². The van der Waals surface area contributed by atoms with Crippen LogP contribution in [0.5, 0.6) is 5.75 Å². The predicted octanol–water partition coefficient (Wildman–Crippen LogP) is 2.93. The third kappa shape index (κ3) is 4.51. The van der Waals surface area contributed by atoms with Crippen molar-refractivity contribution in [2.24, 2.45) is 0 Å². The summed E-state index contributed by atoms with van der Waals surface area (Å²) in [5.74, 6) is 0.839. The van der Waals surface area contributed by atoms with Crippen molar-refractivity contribution in [2.45, 2.75) is 19.9 Å². The molecule has 5 heteroatoms. The molecule has 4 nitrogen and oxygen atoms in total. The largest absolute Gasteiger partial charge is 0.493 e. The van der Waals surface area contributed by atoms with Gasteiger partial charge in [0.2, 0.25) is 0 Å². The number of nitrogen functional groups attached to an aromatic ring is 1. The summed E-state index contributed by atoms with van der Waals surface area (Å²) < 4.78 is 5.68. The van der Waals surface area contributed by atoms with Gasteiger partial charge in [-0.05, 0) is 32.5 Å². The molecule has 1 aromatic heterocycles.